The molecule has 22 heavy (non-hydrogen) atoms. The number of carbonyl (C=O) groups is 2. The lowest BCUT2D eigenvalue weighted by Gasteiger charge is -2.24. The zero-order valence-corrected chi connectivity index (χ0v) is 14.7. The zero-order chi connectivity index (χ0) is 15.5. The molecule has 0 aromatic rings. The number of hydrogen-bond acceptors (Lipinski definition) is 3. The molecule has 5 nitrogen and oxygen atoms in total. The Hall–Kier alpha value is -0.810. The van der Waals surface area contributed by atoms with Crippen LogP contribution in [0.15, 0.2) is 0 Å². The van der Waals surface area contributed by atoms with Gasteiger partial charge in [0.15, 0.2) is 0 Å². The Morgan fingerprint density at radius 3 is 2.36 bits per heavy atom. The first kappa shape index (κ1) is 19.2. The van der Waals surface area contributed by atoms with E-state index in [0.717, 1.165) is 6.42 Å². The van der Waals surface area contributed by atoms with Gasteiger partial charge in [-0.1, -0.05) is 33.6 Å². The standard InChI is InChI=1S/C16H29N3O2.ClH/c1-16(2,3)15(21)18-9-8-17-14(20)13-10-11-6-4-5-7-12(11)19-13;/h11-13,19H,4-10H2,1-3H3,(H,17,20)(H,18,21);1H. The van der Waals surface area contributed by atoms with E-state index in [1.54, 1.807) is 0 Å². The van der Waals surface area contributed by atoms with Crippen LogP contribution < -0.4 is 16.0 Å². The number of hydrogen-bond donors (Lipinski definition) is 3. The van der Waals surface area contributed by atoms with Gasteiger partial charge >= 0.3 is 0 Å². The van der Waals surface area contributed by atoms with E-state index in [1.807, 2.05) is 20.8 Å². The minimum absolute atomic E-state index is 0. The highest BCUT2D eigenvalue weighted by Gasteiger charge is 2.37. The smallest absolute Gasteiger partial charge is 0.237 e. The predicted molar refractivity (Wildman–Crippen MR) is 90.0 cm³/mol. The van der Waals surface area contributed by atoms with Crippen molar-refractivity contribution in [3.63, 3.8) is 0 Å². The summed E-state index contributed by atoms with van der Waals surface area (Å²) in [6.45, 7) is 6.62. The van der Waals surface area contributed by atoms with Crippen LogP contribution in [0.1, 0.15) is 52.9 Å². The number of halogens is 1. The van der Waals surface area contributed by atoms with Crippen LogP contribution in [0.2, 0.25) is 0 Å². The van der Waals surface area contributed by atoms with E-state index in [-0.39, 0.29) is 35.7 Å². The van der Waals surface area contributed by atoms with Crippen LogP contribution in [-0.4, -0.2) is 37.0 Å². The van der Waals surface area contributed by atoms with Gasteiger partial charge in [-0.2, -0.15) is 0 Å². The third kappa shape index (κ3) is 5.13. The van der Waals surface area contributed by atoms with Crippen LogP contribution in [0, 0.1) is 11.3 Å². The molecule has 3 unspecified atom stereocenters. The van der Waals surface area contributed by atoms with Crippen molar-refractivity contribution in [1.82, 2.24) is 16.0 Å². The SMILES string of the molecule is CC(C)(C)C(=O)NCCNC(=O)C1CC2CCCCC2N1.Cl. The molecule has 0 aromatic carbocycles. The molecule has 2 aliphatic rings. The maximum atomic E-state index is 12.1. The van der Waals surface area contributed by atoms with Gasteiger partial charge in [0.2, 0.25) is 11.8 Å². The summed E-state index contributed by atoms with van der Waals surface area (Å²) in [6.07, 6.45) is 6.00. The number of nitrogens with one attached hydrogen (secondary N) is 3. The first-order chi connectivity index (χ1) is 9.88. The molecule has 1 aliphatic heterocycles. The Balaban J connectivity index is 0.00000242. The van der Waals surface area contributed by atoms with Gasteiger partial charge in [-0.15, -0.1) is 12.4 Å². The number of carbonyl (C=O) groups excluding carboxylic acids is 2. The average Bonchev–Trinajstić information content (AvgIpc) is 2.86. The molecule has 128 valence electrons. The highest BCUT2D eigenvalue weighted by atomic mass is 35.5. The largest absolute Gasteiger partial charge is 0.354 e. The first-order valence-electron chi connectivity index (χ1n) is 8.20. The Bertz CT molecular complexity index is 381. The second-order valence-corrected chi connectivity index (χ2v) is 7.40. The van der Waals surface area contributed by atoms with E-state index in [0.29, 0.717) is 25.0 Å². The van der Waals surface area contributed by atoms with E-state index in [4.69, 9.17) is 0 Å². The maximum Gasteiger partial charge on any atom is 0.237 e. The second kappa shape index (κ2) is 8.16. The van der Waals surface area contributed by atoms with E-state index in [1.165, 1.54) is 25.7 Å². The monoisotopic (exact) mass is 331 g/mol. The van der Waals surface area contributed by atoms with Crippen LogP contribution in [0.3, 0.4) is 0 Å². The summed E-state index contributed by atoms with van der Waals surface area (Å²) in [5.74, 6) is 0.770. The highest BCUT2D eigenvalue weighted by molar-refractivity contribution is 5.85. The molecule has 2 rings (SSSR count). The van der Waals surface area contributed by atoms with Gasteiger partial charge < -0.3 is 16.0 Å². The van der Waals surface area contributed by atoms with Crippen molar-refractivity contribution in [1.29, 1.82) is 0 Å². The molecule has 0 spiro atoms. The summed E-state index contributed by atoms with van der Waals surface area (Å²) in [5.41, 5.74) is -0.382. The predicted octanol–water partition coefficient (Wildman–Crippen LogP) is 1.61. The molecular weight excluding hydrogens is 302 g/mol. The number of amides is 2. The summed E-state index contributed by atoms with van der Waals surface area (Å²) in [7, 11) is 0. The van der Waals surface area contributed by atoms with Crippen molar-refractivity contribution in [2.75, 3.05) is 13.1 Å². The molecule has 2 fully saturated rings. The van der Waals surface area contributed by atoms with Gasteiger partial charge in [0.25, 0.3) is 0 Å². The van der Waals surface area contributed by atoms with Gasteiger partial charge in [-0.05, 0) is 25.2 Å². The average molecular weight is 332 g/mol. The Morgan fingerprint density at radius 2 is 1.73 bits per heavy atom. The molecule has 1 heterocycles. The van der Waals surface area contributed by atoms with Crippen LogP contribution in [-0.2, 0) is 9.59 Å². The third-order valence-electron chi connectivity index (χ3n) is 4.57. The molecule has 1 aliphatic carbocycles. The molecule has 1 saturated heterocycles. The Labute approximate surface area is 139 Å². The van der Waals surface area contributed by atoms with Crippen molar-refractivity contribution in [3.05, 3.63) is 0 Å². The molecule has 2 amide bonds. The molecule has 6 heteroatoms. The Kier molecular flexibility index (Phi) is 7.13. The van der Waals surface area contributed by atoms with Crippen molar-refractivity contribution in [2.45, 2.75) is 65.0 Å². The fourth-order valence-corrected chi connectivity index (χ4v) is 3.27. The summed E-state index contributed by atoms with van der Waals surface area (Å²) in [5, 5.41) is 9.24. The van der Waals surface area contributed by atoms with Gasteiger partial charge in [0.05, 0.1) is 6.04 Å². The van der Waals surface area contributed by atoms with Crippen molar-refractivity contribution in [3.8, 4) is 0 Å². The van der Waals surface area contributed by atoms with Gasteiger partial charge in [-0.3, -0.25) is 9.59 Å². The number of fused-ring (bicyclic) bond motifs is 1. The molecule has 1 saturated carbocycles. The minimum atomic E-state index is -0.382. The molecule has 3 atom stereocenters. The van der Waals surface area contributed by atoms with E-state index < -0.39 is 0 Å². The van der Waals surface area contributed by atoms with Crippen LogP contribution in [0.5, 0.6) is 0 Å². The lowest BCUT2D eigenvalue weighted by Crippen LogP contribution is -2.46. The quantitative estimate of drug-likeness (QED) is 0.685. The topological polar surface area (TPSA) is 70.2 Å². The van der Waals surface area contributed by atoms with Crippen molar-refractivity contribution in [2.24, 2.45) is 11.3 Å². The van der Waals surface area contributed by atoms with Gasteiger partial charge in [-0.25, -0.2) is 0 Å². The summed E-state index contributed by atoms with van der Waals surface area (Å²) in [6, 6.07) is 0.492. The molecular formula is C16H30ClN3O2. The second-order valence-electron chi connectivity index (χ2n) is 7.40. The van der Waals surface area contributed by atoms with E-state index in [2.05, 4.69) is 16.0 Å². The van der Waals surface area contributed by atoms with Crippen LogP contribution in [0.4, 0.5) is 0 Å². The molecule has 0 aromatic heterocycles. The van der Waals surface area contributed by atoms with E-state index in [9.17, 15) is 9.59 Å². The summed E-state index contributed by atoms with van der Waals surface area (Å²) in [4.78, 5) is 23.8. The van der Waals surface area contributed by atoms with E-state index >= 15 is 0 Å². The van der Waals surface area contributed by atoms with Gasteiger partial charge in [0, 0.05) is 24.5 Å². The van der Waals surface area contributed by atoms with Gasteiger partial charge in [0.1, 0.15) is 0 Å². The summed E-state index contributed by atoms with van der Waals surface area (Å²) < 4.78 is 0. The Morgan fingerprint density at radius 1 is 1.09 bits per heavy atom. The summed E-state index contributed by atoms with van der Waals surface area (Å²) >= 11 is 0. The van der Waals surface area contributed by atoms with Crippen molar-refractivity contribution < 1.29 is 9.59 Å². The molecule has 3 N–H and O–H groups in total. The van der Waals surface area contributed by atoms with Crippen molar-refractivity contribution >= 4 is 24.2 Å². The maximum absolute atomic E-state index is 12.1. The zero-order valence-electron chi connectivity index (χ0n) is 13.9. The lowest BCUT2D eigenvalue weighted by atomic mass is 9.85. The number of rotatable bonds is 4. The lowest BCUT2D eigenvalue weighted by molar-refractivity contribution is -0.128. The molecule has 0 bridgehead atoms. The minimum Gasteiger partial charge on any atom is -0.354 e. The normalized spacial score (nSPS) is 27.5. The third-order valence-corrected chi connectivity index (χ3v) is 4.57. The first-order valence-corrected chi connectivity index (χ1v) is 8.20. The molecule has 0 radical (unpaired) electrons. The van der Waals surface area contributed by atoms with Crippen LogP contribution in [0.25, 0.3) is 0 Å². The fourth-order valence-electron chi connectivity index (χ4n) is 3.27. The highest BCUT2D eigenvalue weighted by Crippen LogP contribution is 2.33. The fraction of sp³-hybridized carbons (Fsp3) is 0.875. The van der Waals surface area contributed by atoms with Crippen LogP contribution >= 0.6 is 12.4 Å².